The molecule has 0 bridgehead atoms. The van der Waals surface area contributed by atoms with E-state index in [1.165, 1.54) is 0 Å². The Hall–Kier alpha value is -2.28. The Balaban J connectivity index is 1.47. The molecule has 2 aromatic carbocycles. The number of rotatable bonds is 10. The molecule has 0 spiro atoms. The second-order valence-electron chi connectivity index (χ2n) is 6.96. The number of ether oxygens (including phenoxy) is 6. The molecule has 5 rings (SSSR count). The van der Waals surface area contributed by atoms with E-state index >= 15 is 0 Å². The molecular weight excluding hydrogens is 348 g/mol. The molecular formula is C21H22O6. The van der Waals surface area contributed by atoms with Gasteiger partial charge in [-0.3, -0.25) is 0 Å². The van der Waals surface area contributed by atoms with E-state index in [2.05, 4.69) is 12.1 Å². The Morgan fingerprint density at radius 2 is 1.19 bits per heavy atom. The SMILES string of the molecule is c1ccc(-c2c(OCC3CO3)cc(OCC3CO3)cc2OCC2CO2)cc1. The molecule has 3 aliphatic rings. The molecule has 0 aliphatic carbocycles. The third-order valence-electron chi connectivity index (χ3n) is 4.59. The minimum absolute atomic E-state index is 0.169. The maximum atomic E-state index is 6.09. The summed E-state index contributed by atoms with van der Waals surface area (Å²) < 4.78 is 33.9. The predicted molar refractivity (Wildman–Crippen MR) is 97.6 cm³/mol. The predicted octanol–water partition coefficient (Wildman–Crippen LogP) is 2.69. The molecule has 3 saturated heterocycles. The fourth-order valence-corrected chi connectivity index (χ4v) is 2.81. The molecule has 6 heteroatoms. The summed E-state index contributed by atoms with van der Waals surface area (Å²) in [5.74, 6) is 2.18. The summed E-state index contributed by atoms with van der Waals surface area (Å²) in [5, 5.41) is 0. The van der Waals surface area contributed by atoms with Crippen molar-refractivity contribution in [2.75, 3.05) is 39.6 Å². The third kappa shape index (κ3) is 4.53. The highest BCUT2D eigenvalue weighted by atomic mass is 16.6. The van der Waals surface area contributed by atoms with Crippen molar-refractivity contribution in [2.24, 2.45) is 0 Å². The summed E-state index contributed by atoms with van der Waals surface area (Å²) in [6, 6.07) is 14.0. The van der Waals surface area contributed by atoms with Crippen LogP contribution >= 0.6 is 0 Å². The largest absolute Gasteiger partial charge is 0.491 e. The van der Waals surface area contributed by atoms with Crippen molar-refractivity contribution in [1.82, 2.24) is 0 Å². The first kappa shape index (κ1) is 16.9. The van der Waals surface area contributed by atoms with Gasteiger partial charge >= 0.3 is 0 Å². The van der Waals surface area contributed by atoms with Crippen LogP contribution in [0.2, 0.25) is 0 Å². The standard InChI is InChI=1S/C21H22O6/c1-2-4-14(5-3-1)21-19(26-12-17-10-24-17)6-15(22-8-16-9-23-16)7-20(21)27-13-18-11-25-18/h1-7,16-18H,8-13H2. The van der Waals surface area contributed by atoms with E-state index in [1.54, 1.807) is 0 Å². The van der Waals surface area contributed by atoms with Gasteiger partial charge in [0.1, 0.15) is 55.4 Å². The molecule has 27 heavy (non-hydrogen) atoms. The van der Waals surface area contributed by atoms with Gasteiger partial charge in [-0.2, -0.15) is 0 Å². The average molecular weight is 370 g/mol. The minimum atomic E-state index is 0.169. The first-order valence-corrected chi connectivity index (χ1v) is 9.32. The molecule has 3 unspecified atom stereocenters. The molecule has 2 aromatic rings. The summed E-state index contributed by atoms with van der Waals surface area (Å²) in [5.41, 5.74) is 1.96. The van der Waals surface area contributed by atoms with Gasteiger partial charge in [-0.25, -0.2) is 0 Å². The van der Waals surface area contributed by atoms with Crippen LogP contribution in [0.25, 0.3) is 11.1 Å². The highest BCUT2D eigenvalue weighted by Gasteiger charge is 2.28. The Labute approximate surface area is 157 Å². The van der Waals surface area contributed by atoms with Gasteiger partial charge in [0.05, 0.1) is 25.4 Å². The lowest BCUT2D eigenvalue weighted by Crippen LogP contribution is -2.10. The van der Waals surface area contributed by atoms with Gasteiger partial charge in [-0.05, 0) is 5.56 Å². The molecule has 142 valence electrons. The maximum absolute atomic E-state index is 6.09. The number of hydrogen-bond donors (Lipinski definition) is 0. The highest BCUT2D eigenvalue weighted by molar-refractivity contribution is 5.78. The zero-order chi connectivity index (χ0) is 18.1. The maximum Gasteiger partial charge on any atom is 0.134 e. The van der Waals surface area contributed by atoms with Crippen molar-refractivity contribution < 1.29 is 28.4 Å². The summed E-state index contributed by atoms with van der Waals surface area (Å²) in [6.45, 7) is 3.81. The second-order valence-corrected chi connectivity index (χ2v) is 6.96. The van der Waals surface area contributed by atoms with Crippen LogP contribution in [0, 0.1) is 0 Å². The van der Waals surface area contributed by atoms with E-state index in [0.717, 1.165) is 42.4 Å². The Bertz CT molecular complexity index is 744. The van der Waals surface area contributed by atoms with Crippen LogP contribution in [0.15, 0.2) is 42.5 Å². The van der Waals surface area contributed by atoms with Crippen LogP contribution in [0.4, 0.5) is 0 Å². The van der Waals surface area contributed by atoms with Crippen LogP contribution < -0.4 is 14.2 Å². The van der Waals surface area contributed by atoms with Gasteiger partial charge in [0.15, 0.2) is 0 Å². The molecule has 3 atom stereocenters. The molecule has 3 fully saturated rings. The molecule has 6 nitrogen and oxygen atoms in total. The van der Waals surface area contributed by atoms with E-state index in [-0.39, 0.29) is 18.3 Å². The summed E-state index contributed by atoms with van der Waals surface area (Å²) in [4.78, 5) is 0. The Kier molecular flexibility index (Phi) is 4.61. The smallest absolute Gasteiger partial charge is 0.134 e. The number of benzene rings is 2. The van der Waals surface area contributed by atoms with Gasteiger partial charge < -0.3 is 28.4 Å². The average Bonchev–Trinajstić information content (AvgIpc) is 3.57. The van der Waals surface area contributed by atoms with Crippen LogP contribution in [-0.4, -0.2) is 58.0 Å². The first-order chi connectivity index (χ1) is 13.3. The fraction of sp³-hybridized carbons (Fsp3) is 0.429. The molecule has 0 saturated carbocycles. The number of hydrogen-bond acceptors (Lipinski definition) is 6. The van der Waals surface area contributed by atoms with Crippen molar-refractivity contribution in [2.45, 2.75) is 18.3 Å². The van der Waals surface area contributed by atoms with E-state index < -0.39 is 0 Å². The van der Waals surface area contributed by atoms with Crippen LogP contribution in [0.1, 0.15) is 0 Å². The van der Waals surface area contributed by atoms with Crippen LogP contribution in [-0.2, 0) is 14.2 Å². The van der Waals surface area contributed by atoms with Crippen molar-refractivity contribution in [3.8, 4) is 28.4 Å². The van der Waals surface area contributed by atoms with Gasteiger partial charge in [-0.15, -0.1) is 0 Å². The molecule has 0 aromatic heterocycles. The molecule has 0 radical (unpaired) electrons. The van der Waals surface area contributed by atoms with Gasteiger partial charge in [0.25, 0.3) is 0 Å². The lowest BCUT2D eigenvalue weighted by molar-refractivity contribution is 0.243. The zero-order valence-corrected chi connectivity index (χ0v) is 15.0. The van der Waals surface area contributed by atoms with Gasteiger partial charge in [-0.1, -0.05) is 30.3 Å². The summed E-state index contributed by atoms with van der Waals surface area (Å²) in [7, 11) is 0. The first-order valence-electron chi connectivity index (χ1n) is 9.32. The van der Waals surface area contributed by atoms with Crippen molar-refractivity contribution in [1.29, 1.82) is 0 Å². The lowest BCUT2D eigenvalue weighted by atomic mass is 10.0. The van der Waals surface area contributed by atoms with Crippen molar-refractivity contribution >= 4 is 0 Å². The third-order valence-corrected chi connectivity index (χ3v) is 4.59. The van der Waals surface area contributed by atoms with Crippen molar-refractivity contribution in [3.05, 3.63) is 42.5 Å². The second kappa shape index (κ2) is 7.38. The van der Waals surface area contributed by atoms with E-state index in [0.29, 0.717) is 25.6 Å². The normalized spacial score (nSPS) is 25.0. The van der Waals surface area contributed by atoms with E-state index in [9.17, 15) is 0 Å². The van der Waals surface area contributed by atoms with Crippen LogP contribution in [0.5, 0.6) is 17.2 Å². The molecule has 3 heterocycles. The Morgan fingerprint density at radius 1 is 0.704 bits per heavy atom. The monoisotopic (exact) mass is 370 g/mol. The van der Waals surface area contributed by atoms with E-state index in [4.69, 9.17) is 28.4 Å². The minimum Gasteiger partial charge on any atom is -0.491 e. The topological polar surface area (TPSA) is 65.3 Å². The zero-order valence-electron chi connectivity index (χ0n) is 15.0. The van der Waals surface area contributed by atoms with Crippen LogP contribution in [0.3, 0.4) is 0 Å². The summed E-state index contributed by atoms with van der Waals surface area (Å²) in [6.07, 6.45) is 0.525. The quantitative estimate of drug-likeness (QED) is 0.599. The molecule has 3 aliphatic heterocycles. The van der Waals surface area contributed by atoms with Crippen molar-refractivity contribution in [3.63, 3.8) is 0 Å². The number of epoxide rings is 3. The van der Waals surface area contributed by atoms with Gasteiger partial charge in [0, 0.05) is 12.1 Å². The molecule has 0 amide bonds. The molecule has 0 N–H and O–H groups in total. The van der Waals surface area contributed by atoms with Gasteiger partial charge in [0.2, 0.25) is 0 Å². The highest BCUT2D eigenvalue weighted by Crippen LogP contribution is 2.42. The Morgan fingerprint density at radius 3 is 1.67 bits per heavy atom. The summed E-state index contributed by atoms with van der Waals surface area (Å²) >= 11 is 0. The fourth-order valence-electron chi connectivity index (χ4n) is 2.81. The van der Waals surface area contributed by atoms with E-state index in [1.807, 2.05) is 30.3 Å². The lowest BCUT2D eigenvalue weighted by Gasteiger charge is -2.18.